The van der Waals surface area contributed by atoms with Crippen LogP contribution < -0.4 is 10.6 Å². The number of carboxylic acid groups (broad SMARTS) is 1. The van der Waals surface area contributed by atoms with Crippen molar-refractivity contribution in [2.24, 2.45) is 0 Å². The first-order chi connectivity index (χ1) is 20.8. The van der Waals surface area contributed by atoms with Crippen molar-refractivity contribution in [1.82, 2.24) is 19.2 Å². The summed E-state index contributed by atoms with van der Waals surface area (Å²) < 4.78 is 55.0. The largest absolute Gasteiger partial charge is 0.480 e. The van der Waals surface area contributed by atoms with Gasteiger partial charge in [0, 0.05) is 19.6 Å². The minimum Gasteiger partial charge on any atom is -0.480 e. The van der Waals surface area contributed by atoms with Crippen LogP contribution in [0.2, 0.25) is 0 Å². The molecule has 0 aliphatic carbocycles. The maximum absolute atomic E-state index is 13.2. The van der Waals surface area contributed by atoms with Gasteiger partial charge in [0.1, 0.15) is 18.1 Å². The summed E-state index contributed by atoms with van der Waals surface area (Å²) in [6, 6.07) is 9.76. The minimum absolute atomic E-state index is 0.0751. The number of hydrogen-bond donors (Lipinski definition) is 3. The Balaban J connectivity index is 1.27. The molecule has 14 heteroatoms. The van der Waals surface area contributed by atoms with Gasteiger partial charge >= 0.3 is 5.97 Å². The summed E-state index contributed by atoms with van der Waals surface area (Å²) in [5.41, 5.74) is 1.83. The number of aliphatic carboxylic acids is 1. The second-order valence-electron chi connectivity index (χ2n) is 11.4. The minimum atomic E-state index is -3.93. The number of benzene rings is 2. The van der Waals surface area contributed by atoms with Gasteiger partial charge in [-0.05, 0) is 83.1 Å². The lowest BCUT2D eigenvalue weighted by Gasteiger charge is -2.25. The molecule has 240 valence electrons. The summed E-state index contributed by atoms with van der Waals surface area (Å²) in [7, 11) is -7.76. The molecule has 0 bridgehead atoms. The number of unbranched alkanes of at least 4 members (excludes halogenated alkanes) is 1. The van der Waals surface area contributed by atoms with Crippen LogP contribution in [0, 0.1) is 13.8 Å². The zero-order valence-corrected chi connectivity index (χ0v) is 26.6. The first-order valence-electron chi connectivity index (χ1n) is 14.8. The standard InChI is InChI=1S/C30H40N4O8S2/c1-21-10-14-23(15-11-21)43(39,40)33-19-5-8-26(33)28(35)31-18-4-3-7-25(30(37)38)32-29(36)27-9-6-20-34(27)44(41,42)24-16-12-22(2)13-17-24/h10-17,25-27H,3-9,18-20H2,1-2H3,(H,31,35)(H,32,36)(H,37,38)/t25-,26-,27-/m0/s1. The zero-order valence-electron chi connectivity index (χ0n) is 24.9. The van der Waals surface area contributed by atoms with Gasteiger partial charge in [0.2, 0.25) is 31.9 Å². The molecule has 4 rings (SSSR count). The van der Waals surface area contributed by atoms with Gasteiger partial charge in [-0.3, -0.25) is 9.59 Å². The third kappa shape index (κ3) is 7.65. The van der Waals surface area contributed by atoms with Crippen molar-refractivity contribution in [2.75, 3.05) is 19.6 Å². The molecule has 2 saturated heterocycles. The molecular formula is C30H40N4O8S2. The van der Waals surface area contributed by atoms with Gasteiger partial charge < -0.3 is 15.7 Å². The first kappa shape index (κ1) is 33.6. The molecule has 0 aromatic heterocycles. The average Bonchev–Trinajstić information content (AvgIpc) is 3.68. The molecular weight excluding hydrogens is 608 g/mol. The predicted molar refractivity (Wildman–Crippen MR) is 163 cm³/mol. The normalized spacial score (nSPS) is 20.3. The number of nitrogens with zero attached hydrogens (tertiary/aromatic N) is 2. The molecule has 2 aliphatic rings. The van der Waals surface area contributed by atoms with E-state index < -0.39 is 56.0 Å². The van der Waals surface area contributed by atoms with Crippen LogP contribution in [0.15, 0.2) is 58.3 Å². The number of carboxylic acids is 1. The van der Waals surface area contributed by atoms with Gasteiger partial charge in [0.15, 0.2) is 0 Å². The van der Waals surface area contributed by atoms with Gasteiger partial charge in [-0.1, -0.05) is 35.4 Å². The van der Waals surface area contributed by atoms with Crippen LogP contribution in [-0.2, 0) is 34.4 Å². The van der Waals surface area contributed by atoms with E-state index in [0.717, 1.165) is 15.4 Å². The van der Waals surface area contributed by atoms with Crippen molar-refractivity contribution in [2.45, 2.75) is 86.7 Å². The molecule has 2 fully saturated rings. The van der Waals surface area contributed by atoms with Crippen molar-refractivity contribution in [1.29, 1.82) is 0 Å². The number of rotatable bonds is 13. The van der Waals surface area contributed by atoms with E-state index in [1.807, 2.05) is 13.8 Å². The number of carbonyl (C=O) groups is 3. The summed E-state index contributed by atoms with van der Waals surface area (Å²) in [5, 5.41) is 15.0. The fraction of sp³-hybridized carbons (Fsp3) is 0.500. The Kier molecular flexibility index (Phi) is 10.8. The van der Waals surface area contributed by atoms with Crippen molar-refractivity contribution >= 4 is 37.8 Å². The third-order valence-electron chi connectivity index (χ3n) is 8.10. The smallest absolute Gasteiger partial charge is 0.326 e. The maximum atomic E-state index is 13.2. The number of amides is 2. The van der Waals surface area contributed by atoms with E-state index in [0.29, 0.717) is 32.1 Å². The Hall–Kier alpha value is -3.33. The fourth-order valence-electron chi connectivity index (χ4n) is 5.60. The summed E-state index contributed by atoms with van der Waals surface area (Å²) in [6.45, 7) is 4.32. The molecule has 3 N–H and O–H groups in total. The van der Waals surface area contributed by atoms with E-state index in [4.69, 9.17) is 0 Å². The lowest BCUT2D eigenvalue weighted by Crippen LogP contribution is -2.50. The molecule has 3 atom stereocenters. The number of hydrogen-bond acceptors (Lipinski definition) is 7. The molecule has 2 amide bonds. The predicted octanol–water partition coefficient (Wildman–Crippen LogP) is 2.17. The lowest BCUT2D eigenvalue weighted by molar-refractivity contribution is -0.142. The van der Waals surface area contributed by atoms with Crippen molar-refractivity contribution < 1.29 is 36.3 Å². The highest BCUT2D eigenvalue weighted by molar-refractivity contribution is 7.89. The Morgan fingerprint density at radius 3 is 1.68 bits per heavy atom. The molecule has 2 aromatic rings. The van der Waals surface area contributed by atoms with E-state index in [1.54, 1.807) is 24.3 Å². The highest BCUT2D eigenvalue weighted by atomic mass is 32.2. The van der Waals surface area contributed by atoms with Gasteiger partial charge in [-0.25, -0.2) is 21.6 Å². The zero-order chi connectivity index (χ0) is 32.1. The van der Waals surface area contributed by atoms with E-state index in [1.165, 1.54) is 28.6 Å². The molecule has 2 aliphatic heterocycles. The highest BCUT2D eigenvalue weighted by Gasteiger charge is 2.41. The van der Waals surface area contributed by atoms with E-state index in [-0.39, 0.29) is 42.3 Å². The summed E-state index contributed by atoms with van der Waals surface area (Å²) >= 11 is 0. The van der Waals surface area contributed by atoms with Gasteiger partial charge in [0.25, 0.3) is 0 Å². The van der Waals surface area contributed by atoms with Crippen molar-refractivity contribution in [3.63, 3.8) is 0 Å². The molecule has 44 heavy (non-hydrogen) atoms. The number of sulfonamides is 2. The molecule has 12 nitrogen and oxygen atoms in total. The molecule has 2 heterocycles. The van der Waals surface area contributed by atoms with Crippen LogP contribution in [0.4, 0.5) is 0 Å². The second kappa shape index (κ2) is 14.2. The number of aryl methyl sites for hydroxylation is 2. The van der Waals surface area contributed by atoms with Gasteiger partial charge in [0.05, 0.1) is 9.79 Å². The van der Waals surface area contributed by atoms with Crippen LogP contribution in [0.1, 0.15) is 56.1 Å². The summed E-state index contributed by atoms with van der Waals surface area (Å²) in [6.07, 6.45) is 2.56. The number of nitrogens with one attached hydrogen (secondary N) is 2. The van der Waals surface area contributed by atoms with Gasteiger partial charge in [-0.15, -0.1) is 0 Å². The SMILES string of the molecule is Cc1ccc(S(=O)(=O)N2CCC[C@H]2C(=O)NCCCC[C@H](NC(=O)[C@@H]2CCCN2S(=O)(=O)c2ccc(C)cc2)C(=O)O)cc1. The van der Waals surface area contributed by atoms with Crippen LogP contribution in [0.3, 0.4) is 0 Å². The monoisotopic (exact) mass is 648 g/mol. The molecule has 0 saturated carbocycles. The second-order valence-corrected chi connectivity index (χ2v) is 15.1. The quantitative estimate of drug-likeness (QED) is 0.278. The highest BCUT2D eigenvalue weighted by Crippen LogP contribution is 2.28. The molecule has 0 unspecified atom stereocenters. The van der Waals surface area contributed by atoms with Gasteiger partial charge in [-0.2, -0.15) is 8.61 Å². The third-order valence-corrected chi connectivity index (χ3v) is 11.9. The number of carbonyl (C=O) groups excluding carboxylic acids is 2. The Morgan fingerprint density at radius 2 is 1.23 bits per heavy atom. The van der Waals surface area contributed by atoms with Crippen LogP contribution in [-0.4, -0.2) is 86.1 Å². The molecule has 0 radical (unpaired) electrons. The molecule has 2 aromatic carbocycles. The van der Waals surface area contributed by atoms with Crippen molar-refractivity contribution in [3.05, 3.63) is 59.7 Å². The van der Waals surface area contributed by atoms with Crippen molar-refractivity contribution in [3.8, 4) is 0 Å². The Bertz CT molecular complexity index is 1560. The van der Waals surface area contributed by atoms with Crippen LogP contribution in [0.25, 0.3) is 0 Å². The van der Waals surface area contributed by atoms with E-state index in [9.17, 15) is 36.3 Å². The van der Waals surface area contributed by atoms with E-state index in [2.05, 4.69) is 10.6 Å². The Morgan fingerprint density at radius 1 is 0.773 bits per heavy atom. The van der Waals surface area contributed by atoms with Crippen LogP contribution in [0.5, 0.6) is 0 Å². The average molecular weight is 649 g/mol. The van der Waals surface area contributed by atoms with E-state index >= 15 is 0 Å². The lowest BCUT2D eigenvalue weighted by atomic mass is 10.1. The molecule has 0 spiro atoms. The first-order valence-corrected chi connectivity index (χ1v) is 17.7. The summed E-state index contributed by atoms with van der Waals surface area (Å²) in [4.78, 5) is 38.1. The summed E-state index contributed by atoms with van der Waals surface area (Å²) in [5.74, 6) is -2.30. The maximum Gasteiger partial charge on any atom is 0.326 e. The fourth-order valence-corrected chi connectivity index (χ4v) is 8.91. The van der Waals surface area contributed by atoms with Crippen LogP contribution >= 0.6 is 0 Å². The Labute approximate surface area is 258 Å². The topological polar surface area (TPSA) is 170 Å².